The summed E-state index contributed by atoms with van der Waals surface area (Å²) in [5.41, 5.74) is -2.85. The number of carboxylic acids is 4. The summed E-state index contributed by atoms with van der Waals surface area (Å²) in [6.45, 7) is 2.20. The van der Waals surface area contributed by atoms with Crippen LogP contribution in [0.15, 0.2) is 0 Å². The number of nitrogens with zero attached hydrogens (tertiary/aromatic N) is 1. The molecule has 24 heavy (non-hydrogen) atoms. The number of carboxylic acid groups (broad SMARTS) is 4. The molecule has 0 radical (unpaired) electrons. The van der Waals surface area contributed by atoms with E-state index >= 15 is 0 Å². The molecule has 11 nitrogen and oxygen atoms in total. The number of rotatable bonds is 7. The van der Waals surface area contributed by atoms with Gasteiger partial charge in [0.25, 0.3) is 5.97 Å². The highest BCUT2D eigenvalue weighted by Crippen LogP contribution is 2.14. The fourth-order valence-corrected chi connectivity index (χ4v) is 1.01. The van der Waals surface area contributed by atoms with Crippen LogP contribution >= 0.6 is 0 Å². The van der Waals surface area contributed by atoms with Crippen LogP contribution in [-0.4, -0.2) is 93.8 Å². The third kappa shape index (κ3) is 22.0. The van der Waals surface area contributed by atoms with Gasteiger partial charge in [-0.15, -0.1) is 0 Å². The predicted molar refractivity (Wildman–Crippen MR) is 77.8 cm³/mol. The first-order valence-corrected chi connectivity index (χ1v) is 6.55. The second-order valence-electron chi connectivity index (χ2n) is 5.72. The zero-order valence-electron chi connectivity index (χ0n) is 14.1. The fourth-order valence-electron chi connectivity index (χ4n) is 1.01. The molecule has 5 N–H and O–H groups in total. The smallest absolute Gasteiger partial charge is 0.306 e. The second-order valence-corrected chi connectivity index (χ2v) is 5.72. The molecule has 0 amide bonds. The number of carbonyl (C=O) groups is 4. The molecule has 11 heteroatoms. The molecule has 142 valence electrons. The Labute approximate surface area is 139 Å². The number of aliphatic hydroxyl groups is 2. The van der Waals surface area contributed by atoms with Crippen LogP contribution in [0.1, 0.15) is 19.8 Å². The monoisotopic (exact) mass is 355 g/mol. The Kier molecular flexibility index (Phi) is 13.6. The van der Waals surface area contributed by atoms with E-state index in [9.17, 15) is 19.5 Å². The minimum Gasteiger partial charge on any atom is -0.547 e. The Hall–Kier alpha value is -2.24. The summed E-state index contributed by atoms with van der Waals surface area (Å²) in [5.74, 6) is -6.18. The van der Waals surface area contributed by atoms with Crippen LogP contribution < -0.4 is 5.11 Å². The van der Waals surface area contributed by atoms with Gasteiger partial charge >= 0.3 is 11.9 Å². The SMILES string of the molecule is CC(=O)O.C[N+](C)(C)CCO.O=C(O)CC(O)(CC(=O)O)C(=O)[O-]. The van der Waals surface area contributed by atoms with Crippen molar-refractivity contribution in [1.82, 2.24) is 0 Å². The van der Waals surface area contributed by atoms with Gasteiger partial charge in [0.1, 0.15) is 12.1 Å². The molecule has 0 spiro atoms. The van der Waals surface area contributed by atoms with Crippen molar-refractivity contribution in [3.8, 4) is 0 Å². The Balaban J connectivity index is -0.000000335. The summed E-state index contributed by atoms with van der Waals surface area (Å²) in [6.07, 6.45) is -2.41. The van der Waals surface area contributed by atoms with E-state index < -0.39 is 42.3 Å². The minimum atomic E-state index is -2.85. The van der Waals surface area contributed by atoms with Gasteiger partial charge in [-0.2, -0.15) is 0 Å². The molecule has 0 aliphatic carbocycles. The first-order chi connectivity index (χ1) is 10.6. The Bertz CT molecular complexity index is 407. The molecule has 0 saturated heterocycles. The van der Waals surface area contributed by atoms with Crippen molar-refractivity contribution >= 4 is 23.9 Å². The van der Waals surface area contributed by atoms with E-state index in [1.807, 2.05) is 0 Å². The van der Waals surface area contributed by atoms with Gasteiger partial charge in [0, 0.05) is 6.92 Å². The highest BCUT2D eigenvalue weighted by Gasteiger charge is 2.34. The lowest BCUT2D eigenvalue weighted by Crippen LogP contribution is -2.51. The van der Waals surface area contributed by atoms with Gasteiger partial charge in [0.05, 0.1) is 46.6 Å². The van der Waals surface area contributed by atoms with E-state index in [0.29, 0.717) is 0 Å². The lowest BCUT2D eigenvalue weighted by atomic mass is 9.96. The van der Waals surface area contributed by atoms with Crippen molar-refractivity contribution in [2.45, 2.75) is 25.4 Å². The highest BCUT2D eigenvalue weighted by molar-refractivity contribution is 5.86. The molecule has 0 aromatic carbocycles. The Morgan fingerprint density at radius 2 is 1.25 bits per heavy atom. The normalized spacial score (nSPS) is 10.4. The van der Waals surface area contributed by atoms with Gasteiger partial charge in [0.15, 0.2) is 0 Å². The molecule has 0 aliphatic heterocycles. The summed E-state index contributed by atoms with van der Waals surface area (Å²) in [5, 5.41) is 51.3. The molecule has 0 aromatic heterocycles. The van der Waals surface area contributed by atoms with Gasteiger partial charge in [0.2, 0.25) is 0 Å². The molecule has 0 bridgehead atoms. The average molecular weight is 355 g/mol. The maximum atomic E-state index is 10.2. The van der Waals surface area contributed by atoms with Crippen LogP contribution in [-0.2, 0) is 19.2 Å². The number of hydrogen-bond acceptors (Lipinski definition) is 7. The second kappa shape index (κ2) is 12.2. The lowest BCUT2D eigenvalue weighted by molar-refractivity contribution is -0.870. The van der Waals surface area contributed by atoms with E-state index in [0.717, 1.165) is 18.0 Å². The molecule has 0 rings (SSSR count). The number of quaternary nitrogens is 1. The molecular formula is C13H25NO10. The summed E-state index contributed by atoms with van der Waals surface area (Å²) in [4.78, 5) is 39.3. The van der Waals surface area contributed by atoms with E-state index in [4.69, 9.17) is 30.3 Å². The van der Waals surface area contributed by atoms with E-state index in [2.05, 4.69) is 21.1 Å². The number of hydrogen-bond donors (Lipinski definition) is 5. The summed E-state index contributed by atoms with van der Waals surface area (Å²) >= 11 is 0. The predicted octanol–water partition coefficient (Wildman–Crippen LogP) is -2.81. The third-order valence-electron chi connectivity index (χ3n) is 2.04. The van der Waals surface area contributed by atoms with Crippen LogP contribution in [0.4, 0.5) is 0 Å². The number of likely N-dealkylation sites (N-methyl/N-ethyl adjacent to an activating group) is 1. The van der Waals surface area contributed by atoms with Gasteiger partial charge in [-0.25, -0.2) is 0 Å². The van der Waals surface area contributed by atoms with Crippen molar-refractivity contribution in [2.75, 3.05) is 34.3 Å². The average Bonchev–Trinajstić information content (AvgIpc) is 2.24. The zero-order chi connectivity index (χ0) is 20.1. The van der Waals surface area contributed by atoms with Crippen molar-refractivity contribution < 1.29 is 54.3 Å². The number of aliphatic hydroxyl groups excluding tert-OH is 1. The Morgan fingerprint density at radius 1 is 0.958 bits per heavy atom. The van der Waals surface area contributed by atoms with E-state index in [1.54, 1.807) is 0 Å². The van der Waals surface area contributed by atoms with E-state index in [1.165, 1.54) is 0 Å². The molecule has 0 aliphatic rings. The van der Waals surface area contributed by atoms with Gasteiger partial charge in [-0.1, -0.05) is 0 Å². The van der Waals surface area contributed by atoms with E-state index in [-0.39, 0.29) is 6.61 Å². The van der Waals surface area contributed by atoms with Gasteiger partial charge in [-0.3, -0.25) is 14.4 Å². The van der Waals surface area contributed by atoms with Gasteiger partial charge in [-0.05, 0) is 0 Å². The summed E-state index contributed by atoms with van der Waals surface area (Å²) in [6, 6.07) is 0. The van der Waals surface area contributed by atoms with Crippen molar-refractivity contribution in [1.29, 1.82) is 0 Å². The lowest BCUT2D eigenvalue weighted by Gasteiger charge is -2.25. The largest absolute Gasteiger partial charge is 0.547 e. The zero-order valence-corrected chi connectivity index (χ0v) is 14.1. The standard InChI is InChI=1S/C6H8O7.C5H14NO.C2H4O2/c7-3(8)1-6(13,5(11)12)2-4(9)10;1-6(2,3)4-5-7;1-2(3)4/h13H,1-2H2,(H,7,8)(H,9,10)(H,11,12);7H,4-5H2,1-3H3;1H3,(H,3,4)/q;+1;/p-1. The van der Waals surface area contributed by atoms with Crippen molar-refractivity contribution in [3.05, 3.63) is 0 Å². The summed E-state index contributed by atoms with van der Waals surface area (Å²) < 4.78 is 0.844. The molecule has 0 heterocycles. The van der Waals surface area contributed by atoms with Gasteiger partial charge < -0.3 is 39.9 Å². The molecule has 0 aromatic rings. The van der Waals surface area contributed by atoms with Crippen LogP contribution in [0.3, 0.4) is 0 Å². The van der Waals surface area contributed by atoms with Crippen molar-refractivity contribution in [2.24, 2.45) is 0 Å². The molecule has 0 atom stereocenters. The fraction of sp³-hybridized carbons (Fsp3) is 0.692. The summed E-state index contributed by atoms with van der Waals surface area (Å²) in [7, 11) is 6.16. The maximum absolute atomic E-state index is 10.2. The van der Waals surface area contributed by atoms with Crippen molar-refractivity contribution in [3.63, 3.8) is 0 Å². The van der Waals surface area contributed by atoms with Crippen LogP contribution in [0, 0.1) is 0 Å². The molecule has 0 fully saturated rings. The van der Waals surface area contributed by atoms with Crippen LogP contribution in [0.25, 0.3) is 0 Å². The quantitative estimate of drug-likeness (QED) is 0.298. The molecule has 0 saturated carbocycles. The maximum Gasteiger partial charge on any atom is 0.306 e. The third-order valence-corrected chi connectivity index (χ3v) is 2.04. The number of aliphatic carboxylic acids is 4. The van der Waals surface area contributed by atoms with Crippen LogP contribution in [0.2, 0.25) is 0 Å². The first kappa shape index (κ1) is 26.6. The van der Waals surface area contributed by atoms with Crippen LogP contribution in [0.5, 0.6) is 0 Å². The minimum absolute atomic E-state index is 0.281. The molecule has 0 unspecified atom stereocenters. The number of carbonyl (C=O) groups excluding carboxylic acids is 1. The molecular weight excluding hydrogens is 330 g/mol. The first-order valence-electron chi connectivity index (χ1n) is 6.55. The highest BCUT2D eigenvalue weighted by atomic mass is 16.4. The topological polar surface area (TPSA) is 192 Å². The Morgan fingerprint density at radius 3 is 1.33 bits per heavy atom.